The third kappa shape index (κ3) is 4.79. The summed E-state index contributed by atoms with van der Waals surface area (Å²) in [6, 6.07) is 9.28. The van der Waals surface area contributed by atoms with Crippen molar-refractivity contribution in [2.75, 3.05) is 20.6 Å². The van der Waals surface area contributed by atoms with Gasteiger partial charge in [0, 0.05) is 5.56 Å². The Morgan fingerprint density at radius 3 is 2.70 bits per heavy atom. The molecule has 1 aromatic heterocycles. The van der Waals surface area contributed by atoms with Crippen molar-refractivity contribution in [3.63, 3.8) is 0 Å². The predicted octanol–water partition coefficient (Wildman–Crippen LogP) is 1.50. The van der Waals surface area contributed by atoms with Crippen molar-refractivity contribution in [3.05, 3.63) is 54.0 Å². The van der Waals surface area contributed by atoms with Crippen LogP contribution in [0.2, 0.25) is 0 Å². The molecule has 0 fully saturated rings. The maximum atomic E-state index is 12.2. The first-order valence-corrected chi connectivity index (χ1v) is 7.14. The molecule has 0 aliphatic rings. The van der Waals surface area contributed by atoms with E-state index in [4.69, 9.17) is 4.42 Å². The molecular formula is C16H19F2N2O3+. The minimum absolute atomic E-state index is 0.0468. The molecule has 1 atom stereocenters. The SMILES string of the molecule is C[NH+](C)[C@H](CNC(=O)c1cccc(OC(F)F)c1)c1ccco1. The number of nitrogens with one attached hydrogen (secondary N) is 2. The number of carbonyl (C=O) groups excluding carboxylic acids is 1. The van der Waals surface area contributed by atoms with Gasteiger partial charge in [0.2, 0.25) is 0 Å². The van der Waals surface area contributed by atoms with Crippen molar-refractivity contribution < 1.29 is 27.6 Å². The van der Waals surface area contributed by atoms with E-state index < -0.39 is 6.61 Å². The van der Waals surface area contributed by atoms with Gasteiger partial charge in [0.25, 0.3) is 5.91 Å². The fourth-order valence-corrected chi connectivity index (χ4v) is 2.19. The highest BCUT2D eigenvalue weighted by atomic mass is 19.3. The zero-order chi connectivity index (χ0) is 16.8. The highest BCUT2D eigenvalue weighted by Crippen LogP contribution is 2.16. The molecule has 0 radical (unpaired) electrons. The number of furan rings is 1. The molecule has 2 aromatic rings. The molecule has 0 aliphatic carbocycles. The van der Waals surface area contributed by atoms with Gasteiger partial charge in [-0.2, -0.15) is 8.78 Å². The maximum Gasteiger partial charge on any atom is 0.387 e. The van der Waals surface area contributed by atoms with Gasteiger partial charge in [-0.1, -0.05) is 6.07 Å². The number of quaternary nitrogens is 1. The first-order chi connectivity index (χ1) is 11.0. The maximum absolute atomic E-state index is 12.2. The Morgan fingerprint density at radius 2 is 2.09 bits per heavy atom. The minimum atomic E-state index is -2.92. The van der Waals surface area contributed by atoms with Crippen LogP contribution in [0.5, 0.6) is 5.75 Å². The van der Waals surface area contributed by atoms with Crippen LogP contribution in [0, 0.1) is 0 Å². The molecule has 1 heterocycles. The van der Waals surface area contributed by atoms with E-state index in [9.17, 15) is 13.6 Å². The highest BCUT2D eigenvalue weighted by molar-refractivity contribution is 5.94. The van der Waals surface area contributed by atoms with Gasteiger partial charge in [-0.15, -0.1) is 0 Å². The summed E-state index contributed by atoms with van der Waals surface area (Å²) in [5.41, 5.74) is 0.259. The van der Waals surface area contributed by atoms with E-state index in [0.717, 1.165) is 10.7 Å². The van der Waals surface area contributed by atoms with E-state index in [1.54, 1.807) is 12.3 Å². The molecule has 7 heteroatoms. The third-order valence-corrected chi connectivity index (χ3v) is 3.37. The summed E-state index contributed by atoms with van der Waals surface area (Å²) in [6.45, 7) is -2.57. The quantitative estimate of drug-likeness (QED) is 0.811. The average molecular weight is 325 g/mol. The van der Waals surface area contributed by atoms with Gasteiger partial charge < -0.3 is 19.4 Å². The number of alkyl halides is 2. The number of hydrogen-bond donors (Lipinski definition) is 2. The lowest BCUT2D eigenvalue weighted by molar-refractivity contribution is -0.891. The number of carbonyl (C=O) groups is 1. The van der Waals surface area contributed by atoms with E-state index in [1.165, 1.54) is 24.3 Å². The second-order valence-electron chi connectivity index (χ2n) is 5.26. The van der Waals surface area contributed by atoms with E-state index >= 15 is 0 Å². The highest BCUT2D eigenvalue weighted by Gasteiger charge is 2.21. The monoisotopic (exact) mass is 325 g/mol. The van der Waals surface area contributed by atoms with E-state index in [0.29, 0.717) is 6.54 Å². The molecule has 0 saturated heterocycles. The van der Waals surface area contributed by atoms with Crippen LogP contribution in [-0.2, 0) is 0 Å². The largest absolute Gasteiger partial charge is 0.463 e. The van der Waals surface area contributed by atoms with Crippen LogP contribution >= 0.6 is 0 Å². The van der Waals surface area contributed by atoms with E-state index in [-0.39, 0.29) is 23.3 Å². The van der Waals surface area contributed by atoms with Gasteiger partial charge in [0.15, 0.2) is 11.8 Å². The van der Waals surface area contributed by atoms with Gasteiger partial charge in [-0.3, -0.25) is 4.79 Å². The standard InChI is InChI=1S/C16H18F2N2O3/c1-20(2)13(14-7-4-8-22-14)10-19-15(21)11-5-3-6-12(9-11)23-16(17)18/h3-9,13,16H,10H2,1-2H3,(H,19,21)/p+1/t13-/m1/s1. The summed E-state index contributed by atoms with van der Waals surface area (Å²) < 4.78 is 34.1. The van der Waals surface area contributed by atoms with Crippen molar-refractivity contribution in [2.24, 2.45) is 0 Å². The number of ether oxygens (including phenoxy) is 1. The number of halogens is 2. The topological polar surface area (TPSA) is 55.9 Å². The second-order valence-corrected chi connectivity index (χ2v) is 5.26. The van der Waals surface area contributed by atoms with Crippen LogP contribution < -0.4 is 15.0 Å². The van der Waals surface area contributed by atoms with E-state index in [2.05, 4.69) is 10.1 Å². The number of benzene rings is 1. The van der Waals surface area contributed by atoms with Gasteiger partial charge in [0.1, 0.15) is 5.75 Å². The minimum Gasteiger partial charge on any atom is -0.463 e. The smallest absolute Gasteiger partial charge is 0.387 e. The lowest BCUT2D eigenvalue weighted by Gasteiger charge is -2.19. The Kier molecular flexibility index (Phi) is 5.70. The second kappa shape index (κ2) is 7.73. The van der Waals surface area contributed by atoms with Crippen LogP contribution in [0.1, 0.15) is 22.2 Å². The number of rotatable bonds is 7. The molecule has 0 aliphatic heterocycles. The third-order valence-electron chi connectivity index (χ3n) is 3.37. The van der Waals surface area contributed by atoms with Gasteiger partial charge >= 0.3 is 6.61 Å². The molecule has 0 unspecified atom stereocenters. The van der Waals surface area contributed by atoms with Crippen molar-refractivity contribution in [3.8, 4) is 5.75 Å². The van der Waals surface area contributed by atoms with Crippen LogP contribution in [-0.4, -0.2) is 33.2 Å². The summed E-state index contributed by atoms with van der Waals surface area (Å²) in [4.78, 5) is 13.3. The number of likely N-dealkylation sites (N-methyl/N-ethyl adjacent to an activating group) is 1. The zero-order valence-corrected chi connectivity index (χ0v) is 12.9. The molecule has 1 aromatic carbocycles. The summed E-state index contributed by atoms with van der Waals surface area (Å²) in [7, 11) is 3.91. The van der Waals surface area contributed by atoms with Crippen LogP contribution in [0.15, 0.2) is 47.1 Å². The molecule has 0 bridgehead atoms. The van der Waals surface area contributed by atoms with Gasteiger partial charge in [-0.25, -0.2) is 0 Å². The fourth-order valence-electron chi connectivity index (χ4n) is 2.19. The van der Waals surface area contributed by atoms with Crippen molar-refractivity contribution in [2.45, 2.75) is 12.7 Å². The molecule has 0 spiro atoms. The molecule has 1 amide bonds. The molecule has 23 heavy (non-hydrogen) atoms. The Bertz CT molecular complexity index is 630. The van der Waals surface area contributed by atoms with Gasteiger partial charge in [0.05, 0.1) is 26.9 Å². The Balaban J connectivity index is 2.01. The molecule has 5 nitrogen and oxygen atoms in total. The summed E-state index contributed by atoms with van der Waals surface area (Å²) >= 11 is 0. The van der Waals surface area contributed by atoms with Crippen LogP contribution in [0.3, 0.4) is 0 Å². The first-order valence-electron chi connectivity index (χ1n) is 7.14. The van der Waals surface area contributed by atoms with Crippen LogP contribution in [0.4, 0.5) is 8.78 Å². The molecular weight excluding hydrogens is 306 g/mol. The summed E-state index contributed by atoms with van der Waals surface area (Å²) in [6.07, 6.45) is 1.58. The van der Waals surface area contributed by atoms with Crippen molar-refractivity contribution in [1.29, 1.82) is 0 Å². The van der Waals surface area contributed by atoms with Gasteiger partial charge in [-0.05, 0) is 30.3 Å². The normalized spacial score (nSPS) is 12.4. The Morgan fingerprint density at radius 1 is 1.30 bits per heavy atom. The summed E-state index contributed by atoms with van der Waals surface area (Å²) in [5.74, 6) is 0.357. The number of hydrogen-bond acceptors (Lipinski definition) is 3. The lowest BCUT2D eigenvalue weighted by atomic mass is 10.1. The average Bonchev–Trinajstić information content (AvgIpc) is 3.00. The van der Waals surface area contributed by atoms with Crippen molar-refractivity contribution in [1.82, 2.24) is 5.32 Å². The van der Waals surface area contributed by atoms with Crippen LogP contribution in [0.25, 0.3) is 0 Å². The van der Waals surface area contributed by atoms with E-state index in [1.807, 2.05) is 20.2 Å². The molecule has 2 rings (SSSR count). The predicted molar refractivity (Wildman–Crippen MR) is 79.7 cm³/mol. The Labute approximate surface area is 132 Å². The molecule has 0 saturated carbocycles. The zero-order valence-electron chi connectivity index (χ0n) is 12.9. The lowest BCUT2D eigenvalue weighted by Crippen LogP contribution is -3.07. The first kappa shape index (κ1) is 17.0. The molecule has 124 valence electrons. The summed E-state index contributed by atoms with van der Waals surface area (Å²) in [5, 5.41) is 2.79. The molecule has 2 N–H and O–H groups in total. The number of amides is 1. The Hall–Kier alpha value is -2.41. The van der Waals surface area contributed by atoms with Crippen molar-refractivity contribution >= 4 is 5.91 Å². The fraction of sp³-hybridized carbons (Fsp3) is 0.312.